The Morgan fingerprint density at radius 1 is 1.17 bits per heavy atom. The molecule has 0 aliphatic rings. The molecule has 0 bridgehead atoms. The van der Waals surface area contributed by atoms with Crippen molar-refractivity contribution in [2.45, 2.75) is 6.61 Å². The van der Waals surface area contributed by atoms with Crippen molar-refractivity contribution in [3.8, 4) is 23.0 Å². The van der Waals surface area contributed by atoms with Gasteiger partial charge in [0.05, 0.1) is 12.7 Å². The van der Waals surface area contributed by atoms with E-state index in [0.717, 1.165) is 11.3 Å². The standard InChI is InChI=1S/C17H15N3O4/c1-22-12-8-6-11(7-9-12)17-19-15(20-24-17)10-23-14-5-3-2-4-13(14)16(18)21/h2-9H,10H2,1H3,(H2,18,21). The highest BCUT2D eigenvalue weighted by Gasteiger charge is 2.12. The lowest BCUT2D eigenvalue weighted by molar-refractivity contribution is 0.0995. The lowest BCUT2D eigenvalue weighted by Gasteiger charge is -2.06. The van der Waals surface area contributed by atoms with E-state index in [2.05, 4.69) is 10.1 Å². The number of hydrogen-bond acceptors (Lipinski definition) is 6. The SMILES string of the molecule is COc1ccc(-c2nc(COc3ccccc3C(N)=O)no2)cc1. The predicted molar refractivity (Wildman–Crippen MR) is 85.6 cm³/mol. The fourth-order valence-electron chi connectivity index (χ4n) is 2.10. The lowest BCUT2D eigenvalue weighted by Crippen LogP contribution is -2.13. The normalized spacial score (nSPS) is 10.4. The largest absolute Gasteiger partial charge is 0.497 e. The zero-order valence-corrected chi connectivity index (χ0v) is 12.9. The third-order valence-corrected chi connectivity index (χ3v) is 3.31. The van der Waals surface area contributed by atoms with Crippen LogP contribution in [0.1, 0.15) is 16.2 Å². The first-order valence-electron chi connectivity index (χ1n) is 7.16. The van der Waals surface area contributed by atoms with Gasteiger partial charge in [-0.3, -0.25) is 4.79 Å². The highest BCUT2D eigenvalue weighted by atomic mass is 16.5. The number of methoxy groups -OCH3 is 1. The molecule has 7 heteroatoms. The van der Waals surface area contributed by atoms with Gasteiger partial charge in [0.2, 0.25) is 5.82 Å². The fraction of sp³-hybridized carbons (Fsp3) is 0.118. The summed E-state index contributed by atoms with van der Waals surface area (Å²) in [7, 11) is 1.60. The molecule has 0 unspecified atom stereocenters. The minimum atomic E-state index is -0.558. The summed E-state index contributed by atoms with van der Waals surface area (Å²) in [5.74, 6) is 1.29. The Hall–Kier alpha value is -3.35. The summed E-state index contributed by atoms with van der Waals surface area (Å²) in [6, 6.07) is 14.0. The summed E-state index contributed by atoms with van der Waals surface area (Å²) in [4.78, 5) is 15.6. The molecular weight excluding hydrogens is 310 g/mol. The van der Waals surface area contributed by atoms with Gasteiger partial charge in [-0.1, -0.05) is 17.3 Å². The van der Waals surface area contributed by atoms with Crippen LogP contribution in [0.3, 0.4) is 0 Å². The van der Waals surface area contributed by atoms with Crippen LogP contribution >= 0.6 is 0 Å². The van der Waals surface area contributed by atoms with Crippen LogP contribution in [0.25, 0.3) is 11.5 Å². The smallest absolute Gasteiger partial charge is 0.258 e. The Bertz CT molecular complexity index is 843. The number of amides is 1. The first-order valence-corrected chi connectivity index (χ1v) is 7.16. The Morgan fingerprint density at radius 2 is 1.92 bits per heavy atom. The lowest BCUT2D eigenvalue weighted by atomic mass is 10.2. The number of carbonyl (C=O) groups excluding carboxylic acids is 1. The monoisotopic (exact) mass is 325 g/mol. The van der Waals surface area contributed by atoms with Crippen molar-refractivity contribution in [3.63, 3.8) is 0 Å². The summed E-state index contributed by atoms with van der Waals surface area (Å²) < 4.78 is 15.9. The average Bonchev–Trinajstić information content (AvgIpc) is 3.09. The number of benzene rings is 2. The van der Waals surface area contributed by atoms with E-state index in [1.54, 1.807) is 43.5 Å². The topological polar surface area (TPSA) is 100 Å². The molecule has 1 aromatic heterocycles. The van der Waals surface area contributed by atoms with Crippen molar-refractivity contribution in [2.75, 3.05) is 7.11 Å². The predicted octanol–water partition coefficient (Wildman–Crippen LogP) is 2.42. The van der Waals surface area contributed by atoms with Gasteiger partial charge in [0.1, 0.15) is 11.5 Å². The van der Waals surface area contributed by atoms with Crippen LogP contribution < -0.4 is 15.2 Å². The van der Waals surface area contributed by atoms with Crippen LogP contribution in [0.2, 0.25) is 0 Å². The summed E-state index contributed by atoms with van der Waals surface area (Å²) in [6.45, 7) is 0.0595. The van der Waals surface area contributed by atoms with Crippen molar-refractivity contribution in [3.05, 3.63) is 59.9 Å². The van der Waals surface area contributed by atoms with Crippen LogP contribution in [0, 0.1) is 0 Å². The molecule has 0 spiro atoms. The minimum absolute atomic E-state index is 0.0595. The van der Waals surface area contributed by atoms with E-state index >= 15 is 0 Å². The molecule has 0 aliphatic heterocycles. The summed E-state index contributed by atoms with van der Waals surface area (Å²) in [5.41, 5.74) is 6.38. The van der Waals surface area contributed by atoms with E-state index in [1.165, 1.54) is 0 Å². The summed E-state index contributed by atoms with van der Waals surface area (Å²) in [5, 5.41) is 3.87. The molecule has 122 valence electrons. The number of carbonyl (C=O) groups is 1. The van der Waals surface area contributed by atoms with Crippen LogP contribution in [-0.4, -0.2) is 23.2 Å². The van der Waals surface area contributed by atoms with Crippen LogP contribution in [0.15, 0.2) is 53.1 Å². The third-order valence-electron chi connectivity index (χ3n) is 3.31. The molecular formula is C17H15N3O4. The van der Waals surface area contributed by atoms with Gasteiger partial charge < -0.3 is 19.7 Å². The Labute approximate surface area is 138 Å². The molecule has 0 saturated heterocycles. The Morgan fingerprint density at radius 3 is 2.62 bits per heavy atom. The first-order chi connectivity index (χ1) is 11.7. The fourth-order valence-corrected chi connectivity index (χ4v) is 2.10. The highest BCUT2D eigenvalue weighted by molar-refractivity contribution is 5.95. The van der Waals surface area contributed by atoms with Crippen LogP contribution in [0.4, 0.5) is 0 Å². The molecule has 3 rings (SSSR count). The van der Waals surface area contributed by atoms with Crippen molar-refractivity contribution in [1.82, 2.24) is 10.1 Å². The van der Waals surface area contributed by atoms with Gasteiger partial charge in [-0.25, -0.2) is 0 Å². The van der Waals surface area contributed by atoms with E-state index in [1.807, 2.05) is 12.1 Å². The van der Waals surface area contributed by atoms with Gasteiger partial charge in [0.15, 0.2) is 6.61 Å². The molecule has 0 radical (unpaired) electrons. The van der Waals surface area contributed by atoms with Crippen LogP contribution in [-0.2, 0) is 6.61 Å². The number of nitrogens with two attached hydrogens (primary N) is 1. The van der Waals surface area contributed by atoms with E-state index in [-0.39, 0.29) is 6.61 Å². The van der Waals surface area contributed by atoms with Gasteiger partial charge >= 0.3 is 0 Å². The second kappa shape index (κ2) is 6.82. The highest BCUT2D eigenvalue weighted by Crippen LogP contribution is 2.22. The molecule has 2 N–H and O–H groups in total. The van der Waals surface area contributed by atoms with Gasteiger partial charge in [-0.15, -0.1) is 0 Å². The number of rotatable bonds is 6. The summed E-state index contributed by atoms with van der Waals surface area (Å²) in [6.07, 6.45) is 0. The van der Waals surface area contributed by atoms with Gasteiger partial charge in [-0.05, 0) is 36.4 Å². The molecule has 0 atom stereocenters. The molecule has 7 nitrogen and oxygen atoms in total. The molecule has 2 aromatic carbocycles. The number of ether oxygens (including phenoxy) is 2. The number of hydrogen-bond donors (Lipinski definition) is 1. The molecule has 1 heterocycles. The zero-order valence-electron chi connectivity index (χ0n) is 12.9. The maximum absolute atomic E-state index is 11.4. The average molecular weight is 325 g/mol. The van der Waals surface area contributed by atoms with Gasteiger partial charge in [0, 0.05) is 5.56 Å². The Kier molecular flexibility index (Phi) is 4.42. The molecule has 0 fully saturated rings. The van der Waals surface area contributed by atoms with Crippen molar-refractivity contribution < 1.29 is 18.8 Å². The van der Waals surface area contributed by atoms with Crippen molar-refractivity contribution in [1.29, 1.82) is 0 Å². The molecule has 24 heavy (non-hydrogen) atoms. The van der Waals surface area contributed by atoms with E-state index in [0.29, 0.717) is 23.0 Å². The number of primary amides is 1. The van der Waals surface area contributed by atoms with E-state index in [4.69, 9.17) is 19.7 Å². The molecule has 3 aromatic rings. The second-order valence-corrected chi connectivity index (χ2v) is 4.89. The molecule has 0 aliphatic carbocycles. The van der Waals surface area contributed by atoms with Crippen LogP contribution in [0.5, 0.6) is 11.5 Å². The maximum Gasteiger partial charge on any atom is 0.258 e. The van der Waals surface area contributed by atoms with Gasteiger partial charge in [0.25, 0.3) is 11.8 Å². The van der Waals surface area contributed by atoms with E-state index < -0.39 is 5.91 Å². The number of para-hydroxylation sites is 1. The van der Waals surface area contributed by atoms with Gasteiger partial charge in [-0.2, -0.15) is 4.98 Å². The molecule has 0 saturated carbocycles. The maximum atomic E-state index is 11.4. The first kappa shape index (κ1) is 15.5. The zero-order chi connectivity index (χ0) is 16.9. The molecule has 1 amide bonds. The number of nitrogens with zero attached hydrogens (tertiary/aromatic N) is 2. The van der Waals surface area contributed by atoms with Crippen molar-refractivity contribution in [2.24, 2.45) is 5.73 Å². The number of aromatic nitrogens is 2. The van der Waals surface area contributed by atoms with E-state index in [9.17, 15) is 4.79 Å². The minimum Gasteiger partial charge on any atom is -0.497 e. The van der Waals surface area contributed by atoms with Crippen molar-refractivity contribution >= 4 is 5.91 Å². The summed E-state index contributed by atoms with van der Waals surface area (Å²) >= 11 is 0. The third kappa shape index (κ3) is 3.35. The Balaban J connectivity index is 1.71. The second-order valence-electron chi connectivity index (χ2n) is 4.89. The quantitative estimate of drug-likeness (QED) is 0.747.